The maximum atomic E-state index is 13.0. The summed E-state index contributed by atoms with van der Waals surface area (Å²) in [6.07, 6.45) is 6.75. The summed E-state index contributed by atoms with van der Waals surface area (Å²) in [5.41, 5.74) is 0.672. The van der Waals surface area contributed by atoms with Crippen LogP contribution in [0, 0.1) is 0 Å². The van der Waals surface area contributed by atoms with Crippen LogP contribution in [0.3, 0.4) is 0 Å². The minimum atomic E-state index is -3.69. The van der Waals surface area contributed by atoms with Crippen molar-refractivity contribution in [3.63, 3.8) is 0 Å². The molecule has 0 aliphatic carbocycles. The number of hydrogen-bond donors (Lipinski definition) is 2. The van der Waals surface area contributed by atoms with Gasteiger partial charge in [0, 0.05) is 19.4 Å². The van der Waals surface area contributed by atoms with Crippen LogP contribution in [0.4, 0.5) is 0 Å². The molecule has 158 valence electrons. The highest BCUT2D eigenvalue weighted by atomic mass is 32.2. The van der Waals surface area contributed by atoms with Gasteiger partial charge in [-0.05, 0) is 39.4 Å². The lowest BCUT2D eigenvalue weighted by Crippen LogP contribution is -2.53. The number of thioether (sulfide) groups is 1. The lowest BCUT2D eigenvalue weighted by atomic mass is 10.2. The predicted molar refractivity (Wildman–Crippen MR) is 117 cm³/mol. The minimum Gasteiger partial charge on any atom is -0.381 e. The van der Waals surface area contributed by atoms with Crippen LogP contribution >= 0.6 is 11.8 Å². The lowest BCUT2D eigenvalue weighted by Gasteiger charge is -2.31. The molecule has 0 saturated carbocycles. The molecule has 1 rings (SSSR count). The van der Waals surface area contributed by atoms with Crippen LogP contribution in [0.25, 0.3) is 0 Å². The van der Waals surface area contributed by atoms with Crippen LogP contribution in [-0.4, -0.2) is 48.8 Å². The molecule has 0 unspecified atom stereocenters. The van der Waals surface area contributed by atoms with Gasteiger partial charge in [-0.2, -0.15) is 0 Å². The Balaban J connectivity index is 2.92. The molecule has 0 aromatic carbocycles. The zero-order valence-corrected chi connectivity index (χ0v) is 18.7. The number of nitrogens with zero attached hydrogens (tertiary/aromatic N) is 1. The fraction of sp³-hybridized carbons (Fsp3) is 0.579. The summed E-state index contributed by atoms with van der Waals surface area (Å²) in [5, 5.41) is 5.70. The maximum absolute atomic E-state index is 13.0. The summed E-state index contributed by atoms with van der Waals surface area (Å²) in [6.45, 7) is 13.0. The third-order valence-electron chi connectivity index (χ3n) is 4.46. The molecular formula is C19H31N3O4S2. The van der Waals surface area contributed by atoms with E-state index in [0.29, 0.717) is 36.8 Å². The molecule has 0 radical (unpaired) electrons. The largest absolute Gasteiger partial charge is 0.381 e. The van der Waals surface area contributed by atoms with E-state index in [-0.39, 0.29) is 5.82 Å². The summed E-state index contributed by atoms with van der Waals surface area (Å²) in [6, 6.07) is 0. The molecule has 1 aliphatic rings. The van der Waals surface area contributed by atoms with Crippen molar-refractivity contribution < 1.29 is 17.9 Å². The van der Waals surface area contributed by atoms with Gasteiger partial charge < -0.3 is 15.4 Å². The van der Waals surface area contributed by atoms with Gasteiger partial charge in [-0.15, -0.1) is 11.8 Å². The average molecular weight is 430 g/mol. The first-order valence-corrected chi connectivity index (χ1v) is 11.9. The highest BCUT2D eigenvalue weighted by molar-refractivity contribution is 8.13. The van der Waals surface area contributed by atoms with Crippen LogP contribution in [0.15, 0.2) is 41.9 Å². The molecule has 9 heteroatoms. The van der Waals surface area contributed by atoms with Crippen molar-refractivity contribution in [1.82, 2.24) is 10.6 Å². The van der Waals surface area contributed by atoms with Crippen molar-refractivity contribution in [2.75, 3.05) is 19.5 Å². The third kappa shape index (κ3) is 5.96. The Labute approximate surface area is 172 Å². The number of allylic oxidation sites excluding steroid dienone is 1. The van der Waals surface area contributed by atoms with Gasteiger partial charge >= 0.3 is 0 Å². The molecule has 7 nitrogen and oxygen atoms in total. The van der Waals surface area contributed by atoms with Crippen molar-refractivity contribution in [1.29, 1.82) is 0 Å². The average Bonchev–Trinajstić information content (AvgIpc) is 2.66. The number of amides is 1. The van der Waals surface area contributed by atoms with Crippen molar-refractivity contribution >= 4 is 32.6 Å². The van der Waals surface area contributed by atoms with Gasteiger partial charge in [0.2, 0.25) is 5.91 Å². The first-order chi connectivity index (χ1) is 13.1. The van der Waals surface area contributed by atoms with Crippen LogP contribution < -0.4 is 10.6 Å². The quantitative estimate of drug-likeness (QED) is 0.432. The Hall–Kier alpha value is -1.58. The first-order valence-electron chi connectivity index (χ1n) is 9.13. The van der Waals surface area contributed by atoms with E-state index < -0.39 is 25.7 Å². The SMILES string of the molecule is C=CN=C(SC)/C(=C\CC)NC(=C)NC(=O)C(C)(C)S(=O)(=O)C1CCOCC1. The molecule has 1 saturated heterocycles. The number of carbonyl (C=O) groups is 1. The summed E-state index contributed by atoms with van der Waals surface area (Å²) in [4.78, 5) is 17.0. The highest BCUT2D eigenvalue weighted by Crippen LogP contribution is 2.28. The Bertz CT molecular complexity index is 749. The third-order valence-corrected chi connectivity index (χ3v) is 8.12. The fourth-order valence-electron chi connectivity index (χ4n) is 2.72. The van der Waals surface area contributed by atoms with E-state index >= 15 is 0 Å². The highest BCUT2D eigenvalue weighted by Gasteiger charge is 2.46. The van der Waals surface area contributed by atoms with E-state index in [0.717, 1.165) is 6.42 Å². The zero-order valence-electron chi connectivity index (χ0n) is 17.1. The second-order valence-corrected chi connectivity index (χ2v) is 10.3. The standard InChI is InChI=1S/C19H31N3O4S2/c1-7-9-16(17(27-6)20-8-2)21-14(3)22-18(23)19(4,5)28(24,25)15-10-12-26-13-11-15/h8-9,15,21H,2-3,7,10-13H2,1,4-6H3,(H,22,23)/b16-9+,20-17?. The van der Waals surface area contributed by atoms with Crippen molar-refractivity contribution in [3.8, 4) is 0 Å². The lowest BCUT2D eigenvalue weighted by molar-refractivity contribution is -0.122. The van der Waals surface area contributed by atoms with E-state index in [1.54, 1.807) is 0 Å². The van der Waals surface area contributed by atoms with Gasteiger partial charge in [0.25, 0.3) is 0 Å². The molecule has 2 N–H and O–H groups in total. The zero-order chi connectivity index (χ0) is 21.4. The van der Waals surface area contributed by atoms with Crippen molar-refractivity contribution in [2.45, 2.75) is 50.0 Å². The molecule has 0 aromatic rings. The van der Waals surface area contributed by atoms with Gasteiger partial charge in [-0.25, -0.2) is 13.4 Å². The molecule has 1 amide bonds. The van der Waals surface area contributed by atoms with Gasteiger partial charge in [0.15, 0.2) is 9.84 Å². The van der Waals surface area contributed by atoms with Crippen LogP contribution in [0.1, 0.15) is 40.0 Å². The first kappa shape index (κ1) is 24.5. The minimum absolute atomic E-state index is 0.186. The number of aliphatic imine (C=N–C) groups is 1. The second-order valence-electron chi connectivity index (χ2n) is 6.77. The number of carbonyl (C=O) groups excluding carboxylic acids is 1. The van der Waals surface area contributed by atoms with Gasteiger partial charge in [0.1, 0.15) is 15.6 Å². The Morgan fingerprint density at radius 2 is 1.93 bits per heavy atom. The molecule has 28 heavy (non-hydrogen) atoms. The van der Waals surface area contributed by atoms with E-state index in [9.17, 15) is 13.2 Å². The summed E-state index contributed by atoms with van der Waals surface area (Å²) < 4.78 is 29.6. The van der Waals surface area contributed by atoms with Gasteiger partial charge in [0.05, 0.1) is 10.9 Å². The summed E-state index contributed by atoms with van der Waals surface area (Å²) in [5.74, 6) is -0.440. The summed E-state index contributed by atoms with van der Waals surface area (Å²) >= 11 is 1.42. The van der Waals surface area contributed by atoms with E-state index in [2.05, 4.69) is 28.8 Å². The topological polar surface area (TPSA) is 96.9 Å². The van der Waals surface area contributed by atoms with E-state index in [1.165, 1.54) is 31.8 Å². The number of sulfone groups is 1. The molecule has 0 aromatic heterocycles. The van der Waals surface area contributed by atoms with Crippen molar-refractivity contribution in [3.05, 3.63) is 37.0 Å². The number of nitrogens with one attached hydrogen (secondary N) is 2. The smallest absolute Gasteiger partial charge is 0.246 e. The van der Waals surface area contributed by atoms with Gasteiger partial charge in [-0.3, -0.25) is 4.79 Å². The predicted octanol–water partition coefficient (Wildman–Crippen LogP) is 2.73. The molecule has 0 bridgehead atoms. The number of hydrogen-bond acceptors (Lipinski definition) is 7. The van der Waals surface area contributed by atoms with E-state index in [1.807, 2.05) is 19.3 Å². The molecule has 1 aliphatic heterocycles. The molecular weight excluding hydrogens is 398 g/mol. The Morgan fingerprint density at radius 1 is 1.32 bits per heavy atom. The van der Waals surface area contributed by atoms with Crippen LogP contribution in [0.5, 0.6) is 0 Å². The normalized spacial score (nSPS) is 17.1. The Morgan fingerprint density at radius 3 is 2.43 bits per heavy atom. The molecule has 0 spiro atoms. The fourth-order valence-corrected chi connectivity index (χ4v) is 5.21. The molecule has 0 atom stereocenters. The monoisotopic (exact) mass is 429 g/mol. The maximum Gasteiger partial charge on any atom is 0.246 e. The van der Waals surface area contributed by atoms with Crippen molar-refractivity contribution in [2.24, 2.45) is 4.99 Å². The van der Waals surface area contributed by atoms with Gasteiger partial charge in [-0.1, -0.05) is 26.2 Å². The van der Waals surface area contributed by atoms with Crippen LogP contribution in [-0.2, 0) is 19.4 Å². The molecule has 1 fully saturated rings. The number of ether oxygens (including phenoxy) is 1. The van der Waals surface area contributed by atoms with E-state index in [4.69, 9.17) is 4.74 Å². The number of rotatable bonds is 9. The molecule has 1 heterocycles. The summed E-state index contributed by atoms with van der Waals surface area (Å²) in [7, 11) is -3.69. The van der Waals surface area contributed by atoms with Crippen LogP contribution in [0.2, 0.25) is 0 Å². The Kier molecular flexibility index (Phi) is 9.46. The second kappa shape index (κ2) is 10.8.